The molecule has 0 aliphatic carbocycles. The van der Waals surface area contributed by atoms with Crippen molar-refractivity contribution in [3.8, 4) is 5.88 Å². The van der Waals surface area contributed by atoms with Crippen molar-refractivity contribution in [2.24, 2.45) is 4.99 Å². The van der Waals surface area contributed by atoms with Gasteiger partial charge in [-0.2, -0.15) is 0 Å². The second-order valence-corrected chi connectivity index (χ2v) is 6.19. The van der Waals surface area contributed by atoms with Crippen LogP contribution in [-0.4, -0.2) is 57.8 Å². The van der Waals surface area contributed by atoms with Crippen LogP contribution in [0, 0.1) is 0 Å². The van der Waals surface area contributed by atoms with Gasteiger partial charge in [-0.1, -0.05) is 18.2 Å². The minimum absolute atomic E-state index is 0. The number of hydrogen-bond donors (Lipinski definition) is 3. The second-order valence-electron chi connectivity index (χ2n) is 6.19. The average Bonchev–Trinajstić information content (AvgIpc) is 2.76. The summed E-state index contributed by atoms with van der Waals surface area (Å²) in [7, 11) is 4.98. The van der Waals surface area contributed by atoms with Crippen molar-refractivity contribution in [1.29, 1.82) is 0 Å². The Morgan fingerprint density at radius 2 is 2.00 bits per heavy atom. The van der Waals surface area contributed by atoms with Gasteiger partial charge < -0.3 is 25.4 Å². The van der Waals surface area contributed by atoms with Crippen LogP contribution in [-0.2, 0) is 17.7 Å². The Morgan fingerprint density at radius 3 is 2.73 bits per heavy atom. The number of amides is 1. The van der Waals surface area contributed by atoms with Crippen molar-refractivity contribution in [2.45, 2.75) is 13.0 Å². The van der Waals surface area contributed by atoms with E-state index in [4.69, 9.17) is 9.47 Å². The number of methoxy groups -OCH3 is 1. The molecule has 0 radical (unpaired) electrons. The first-order valence-electron chi connectivity index (χ1n) is 9.49. The fraction of sp³-hybridized carbons (Fsp3) is 0.381. The van der Waals surface area contributed by atoms with Crippen LogP contribution in [0.25, 0.3) is 0 Å². The largest absolute Gasteiger partial charge is 0.475 e. The number of nitrogens with one attached hydrogen (secondary N) is 3. The predicted molar refractivity (Wildman–Crippen MR) is 129 cm³/mol. The minimum atomic E-state index is -0.0859. The Hall–Kier alpha value is -2.40. The quantitative estimate of drug-likeness (QED) is 0.189. The molecule has 0 saturated carbocycles. The van der Waals surface area contributed by atoms with Gasteiger partial charge in [0.25, 0.3) is 5.91 Å². The fourth-order valence-electron chi connectivity index (χ4n) is 2.65. The number of carbonyl (C=O) groups excluding carboxylic acids is 1. The molecule has 0 atom stereocenters. The molecule has 0 bridgehead atoms. The highest BCUT2D eigenvalue weighted by molar-refractivity contribution is 14.0. The molecule has 1 aromatic heterocycles. The van der Waals surface area contributed by atoms with Crippen molar-refractivity contribution >= 4 is 35.8 Å². The lowest BCUT2D eigenvalue weighted by Gasteiger charge is -2.14. The van der Waals surface area contributed by atoms with Crippen LogP contribution in [0.15, 0.2) is 47.6 Å². The summed E-state index contributed by atoms with van der Waals surface area (Å²) in [6.45, 7) is 2.17. The van der Waals surface area contributed by atoms with Crippen LogP contribution in [0.1, 0.15) is 21.5 Å². The summed E-state index contributed by atoms with van der Waals surface area (Å²) in [6, 6.07) is 11.4. The molecular formula is C21H30IN5O3. The number of guanidine groups is 1. The SMILES string of the molecule is CN=C(NCCc1cccc(C(=O)NC)c1)NCc1cccnc1OCCOC.I. The molecule has 9 heteroatoms. The van der Waals surface area contributed by atoms with Crippen molar-refractivity contribution in [3.05, 3.63) is 59.3 Å². The molecule has 1 aromatic carbocycles. The van der Waals surface area contributed by atoms with E-state index in [0.29, 0.717) is 43.7 Å². The van der Waals surface area contributed by atoms with E-state index in [1.165, 1.54) is 0 Å². The number of ether oxygens (including phenoxy) is 2. The van der Waals surface area contributed by atoms with Crippen LogP contribution < -0.4 is 20.7 Å². The Kier molecular flexibility index (Phi) is 12.4. The summed E-state index contributed by atoms with van der Waals surface area (Å²) in [5.74, 6) is 1.18. The summed E-state index contributed by atoms with van der Waals surface area (Å²) in [5, 5.41) is 9.18. The predicted octanol–water partition coefficient (Wildman–Crippen LogP) is 1.99. The zero-order valence-electron chi connectivity index (χ0n) is 17.6. The average molecular weight is 527 g/mol. The van der Waals surface area contributed by atoms with Crippen molar-refractivity contribution in [1.82, 2.24) is 20.9 Å². The van der Waals surface area contributed by atoms with Crippen molar-refractivity contribution in [3.63, 3.8) is 0 Å². The Bertz CT molecular complexity index is 817. The first kappa shape index (κ1) is 25.6. The number of carbonyl (C=O) groups is 1. The van der Waals surface area contributed by atoms with Crippen LogP contribution in [0.4, 0.5) is 0 Å². The van der Waals surface area contributed by atoms with Gasteiger partial charge >= 0.3 is 0 Å². The standard InChI is InChI=1S/C21H29N5O3.HI/c1-22-19(27)17-7-4-6-16(14-17)9-11-25-21(23-2)26-15-18-8-5-10-24-20(18)29-13-12-28-3;/h4-8,10,14H,9,11-13,15H2,1-3H3,(H,22,27)(H2,23,25,26);1H. The third kappa shape index (κ3) is 8.54. The van der Waals surface area contributed by atoms with Gasteiger partial charge in [-0.15, -0.1) is 24.0 Å². The maximum Gasteiger partial charge on any atom is 0.251 e. The van der Waals surface area contributed by atoms with E-state index in [-0.39, 0.29) is 29.9 Å². The van der Waals surface area contributed by atoms with Gasteiger partial charge in [0.1, 0.15) is 6.61 Å². The van der Waals surface area contributed by atoms with Gasteiger partial charge in [0.2, 0.25) is 5.88 Å². The zero-order valence-corrected chi connectivity index (χ0v) is 19.9. The molecule has 0 unspecified atom stereocenters. The second kappa shape index (κ2) is 14.6. The molecule has 8 nitrogen and oxygen atoms in total. The number of benzene rings is 1. The van der Waals surface area contributed by atoms with Crippen LogP contribution in [0.3, 0.4) is 0 Å². The maximum atomic E-state index is 11.7. The first-order valence-corrected chi connectivity index (χ1v) is 9.49. The van der Waals surface area contributed by atoms with Crippen LogP contribution in [0.2, 0.25) is 0 Å². The molecule has 2 aromatic rings. The van der Waals surface area contributed by atoms with Gasteiger partial charge in [0.05, 0.1) is 6.61 Å². The van der Waals surface area contributed by atoms with E-state index in [9.17, 15) is 4.79 Å². The third-order valence-corrected chi connectivity index (χ3v) is 4.17. The number of pyridine rings is 1. The van der Waals surface area contributed by atoms with Gasteiger partial charge in [-0.3, -0.25) is 9.79 Å². The Balaban J connectivity index is 0.00000450. The van der Waals surface area contributed by atoms with E-state index in [0.717, 1.165) is 17.5 Å². The monoisotopic (exact) mass is 527 g/mol. The number of rotatable bonds is 10. The lowest BCUT2D eigenvalue weighted by Crippen LogP contribution is -2.38. The Labute approximate surface area is 194 Å². The van der Waals surface area contributed by atoms with Crippen LogP contribution >= 0.6 is 24.0 Å². The number of aromatic nitrogens is 1. The summed E-state index contributed by atoms with van der Waals surface area (Å²) in [6.07, 6.45) is 2.47. The number of halogens is 1. The maximum absolute atomic E-state index is 11.7. The van der Waals surface area contributed by atoms with Crippen LogP contribution in [0.5, 0.6) is 5.88 Å². The van der Waals surface area contributed by atoms with E-state index in [2.05, 4.69) is 25.9 Å². The lowest BCUT2D eigenvalue weighted by atomic mass is 10.1. The van der Waals surface area contributed by atoms with Crippen molar-refractivity contribution < 1.29 is 14.3 Å². The summed E-state index contributed by atoms with van der Waals surface area (Å²) < 4.78 is 10.7. The zero-order chi connectivity index (χ0) is 20.9. The van der Waals surface area contributed by atoms with Gasteiger partial charge in [-0.05, 0) is 30.2 Å². The number of nitrogens with zero attached hydrogens (tertiary/aromatic N) is 2. The third-order valence-electron chi connectivity index (χ3n) is 4.17. The summed E-state index contributed by atoms with van der Waals surface area (Å²) in [4.78, 5) is 20.3. The normalized spacial score (nSPS) is 10.7. The van der Waals surface area contributed by atoms with Crippen molar-refractivity contribution in [2.75, 3.05) is 41.0 Å². The summed E-state index contributed by atoms with van der Waals surface area (Å²) in [5.41, 5.74) is 2.67. The van der Waals surface area contributed by atoms with E-state index < -0.39 is 0 Å². The summed E-state index contributed by atoms with van der Waals surface area (Å²) >= 11 is 0. The van der Waals surface area contributed by atoms with Gasteiger partial charge in [0, 0.05) is 51.6 Å². The van der Waals surface area contributed by atoms with E-state index in [1.807, 2.05) is 30.3 Å². The molecule has 0 aliphatic rings. The molecule has 0 saturated heterocycles. The Morgan fingerprint density at radius 1 is 1.17 bits per heavy atom. The highest BCUT2D eigenvalue weighted by atomic mass is 127. The van der Waals surface area contributed by atoms with E-state index >= 15 is 0 Å². The molecule has 0 spiro atoms. The molecule has 3 N–H and O–H groups in total. The molecule has 2 rings (SSSR count). The lowest BCUT2D eigenvalue weighted by molar-refractivity contribution is 0.0963. The molecular weight excluding hydrogens is 497 g/mol. The molecule has 30 heavy (non-hydrogen) atoms. The van der Waals surface area contributed by atoms with E-state index in [1.54, 1.807) is 33.5 Å². The van der Waals surface area contributed by atoms with Gasteiger partial charge in [0.15, 0.2) is 5.96 Å². The highest BCUT2D eigenvalue weighted by Gasteiger charge is 2.07. The molecule has 1 heterocycles. The minimum Gasteiger partial charge on any atom is -0.475 e. The smallest absolute Gasteiger partial charge is 0.251 e. The number of hydrogen-bond acceptors (Lipinski definition) is 5. The highest BCUT2D eigenvalue weighted by Crippen LogP contribution is 2.13. The van der Waals surface area contributed by atoms with Gasteiger partial charge in [-0.25, -0.2) is 4.98 Å². The molecule has 164 valence electrons. The molecule has 0 aliphatic heterocycles. The fourth-order valence-corrected chi connectivity index (χ4v) is 2.65. The number of aliphatic imine (C=N–C) groups is 1. The topological polar surface area (TPSA) is 96.9 Å². The molecule has 0 fully saturated rings. The molecule has 1 amide bonds. The first-order chi connectivity index (χ1) is 14.2.